The van der Waals surface area contributed by atoms with E-state index in [0.717, 1.165) is 5.56 Å². The van der Waals surface area contributed by atoms with Gasteiger partial charge in [0.25, 0.3) is 0 Å². The van der Waals surface area contributed by atoms with Crippen LogP contribution in [-0.4, -0.2) is 23.0 Å². The Morgan fingerprint density at radius 2 is 2.00 bits per heavy atom. The van der Waals surface area contributed by atoms with Gasteiger partial charge >= 0.3 is 0 Å². The van der Waals surface area contributed by atoms with Crippen molar-refractivity contribution in [2.45, 2.75) is 20.0 Å². The molecule has 0 spiro atoms. The van der Waals surface area contributed by atoms with E-state index in [2.05, 4.69) is 5.10 Å². The van der Waals surface area contributed by atoms with Crippen LogP contribution in [0.25, 0.3) is 11.3 Å². The summed E-state index contributed by atoms with van der Waals surface area (Å²) >= 11 is 6.13. The lowest BCUT2D eigenvalue weighted by Gasteiger charge is -2.17. The van der Waals surface area contributed by atoms with Gasteiger partial charge in [-0.05, 0) is 19.9 Å². The normalized spacial score (nSPS) is 10.9. The highest BCUT2D eigenvalue weighted by atomic mass is 35.5. The predicted octanol–water partition coefficient (Wildman–Crippen LogP) is 3.12. The highest BCUT2D eigenvalue weighted by Gasteiger charge is 2.18. The second-order valence-electron chi connectivity index (χ2n) is 4.73. The maximum atomic E-state index is 6.13. The summed E-state index contributed by atoms with van der Waals surface area (Å²) in [5.74, 6) is 1.75. The lowest BCUT2D eigenvalue weighted by atomic mass is 10.1. The molecule has 0 unspecified atom stereocenters. The molecule has 1 heterocycles. The molecule has 0 saturated carbocycles. The van der Waals surface area contributed by atoms with Gasteiger partial charge in [0.15, 0.2) is 11.5 Å². The van der Waals surface area contributed by atoms with E-state index >= 15 is 0 Å². The average Bonchev–Trinajstić information content (AvgIpc) is 2.70. The highest BCUT2D eigenvalue weighted by Crippen LogP contribution is 2.41. The smallest absolute Gasteiger partial charge is 0.171 e. The monoisotopic (exact) mass is 295 g/mol. The molecule has 0 saturated heterocycles. The van der Waals surface area contributed by atoms with E-state index in [1.54, 1.807) is 37.0 Å². The zero-order chi connectivity index (χ0) is 14.9. The Balaban J connectivity index is 2.63. The fraction of sp³-hybridized carbons (Fsp3) is 0.357. The minimum atomic E-state index is 0.00452. The molecule has 0 bridgehead atoms. The van der Waals surface area contributed by atoms with Crippen LogP contribution < -0.4 is 15.2 Å². The largest absolute Gasteiger partial charge is 0.493 e. The second kappa shape index (κ2) is 5.63. The van der Waals surface area contributed by atoms with Crippen molar-refractivity contribution in [1.29, 1.82) is 0 Å². The third kappa shape index (κ3) is 2.82. The first-order valence-electron chi connectivity index (χ1n) is 6.26. The number of ether oxygens (including phenoxy) is 2. The van der Waals surface area contributed by atoms with E-state index in [4.69, 9.17) is 26.8 Å². The molecule has 20 heavy (non-hydrogen) atoms. The molecule has 0 aliphatic heterocycles. The maximum Gasteiger partial charge on any atom is 0.171 e. The Morgan fingerprint density at radius 3 is 2.50 bits per heavy atom. The van der Waals surface area contributed by atoms with Crippen molar-refractivity contribution in [3.8, 4) is 22.8 Å². The molecular weight excluding hydrogens is 278 g/mol. The molecule has 0 atom stereocenters. The van der Waals surface area contributed by atoms with Crippen LogP contribution in [0.3, 0.4) is 0 Å². The lowest BCUT2D eigenvalue weighted by molar-refractivity contribution is 0.231. The topological polar surface area (TPSA) is 62.3 Å². The first-order chi connectivity index (χ1) is 9.42. The Kier molecular flexibility index (Phi) is 4.09. The van der Waals surface area contributed by atoms with E-state index in [9.17, 15) is 0 Å². The Bertz CT molecular complexity index is 604. The number of nitrogen functional groups attached to an aromatic ring is 1. The van der Waals surface area contributed by atoms with Crippen LogP contribution in [0.15, 0.2) is 18.2 Å². The first-order valence-corrected chi connectivity index (χ1v) is 6.64. The SMILES string of the molecule is COc1cc(Cl)cc(-c2cc(N)n(C)n2)c1OC(C)C. The minimum absolute atomic E-state index is 0.00452. The Morgan fingerprint density at radius 1 is 1.30 bits per heavy atom. The highest BCUT2D eigenvalue weighted by molar-refractivity contribution is 6.31. The number of aromatic nitrogens is 2. The third-order valence-electron chi connectivity index (χ3n) is 2.79. The van der Waals surface area contributed by atoms with Crippen LogP contribution in [0.5, 0.6) is 11.5 Å². The van der Waals surface area contributed by atoms with Crippen molar-refractivity contribution in [2.24, 2.45) is 7.05 Å². The van der Waals surface area contributed by atoms with Gasteiger partial charge in [0.1, 0.15) is 5.82 Å². The van der Waals surface area contributed by atoms with Gasteiger partial charge in [0.2, 0.25) is 0 Å². The van der Waals surface area contributed by atoms with Crippen molar-refractivity contribution in [3.05, 3.63) is 23.2 Å². The second-order valence-corrected chi connectivity index (χ2v) is 5.17. The Labute approximate surface area is 123 Å². The van der Waals surface area contributed by atoms with E-state index in [1.807, 2.05) is 13.8 Å². The zero-order valence-electron chi connectivity index (χ0n) is 12.0. The van der Waals surface area contributed by atoms with Crippen LogP contribution in [0.4, 0.5) is 5.82 Å². The van der Waals surface area contributed by atoms with Crippen LogP contribution in [0.1, 0.15) is 13.8 Å². The van der Waals surface area contributed by atoms with E-state index in [-0.39, 0.29) is 6.10 Å². The molecule has 108 valence electrons. The summed E-state index contributed by atoms with van der Waals surface area (Å²) < 4.78 is 12.8. The molecule has 0 aliphatic rings. The van der Waals surface area contributed by atoms with E-state index < -0.39 is 0 Å². The standard InChI is InChI=1S/C14H18ClN3O2/c1-8(2)20-14-10(5-9(15)6-12(14)19-4)11-7-13(16)18(3)17-11/h5-8H,16H2,1-4H3. The summed E-state index contributed by atoms with van der Waals surface area (Å²) in [6.45, 7) is 3.90. The fourth-order valence-corrected chi connectivity index (χ4v) is 2.09. The molecule has 1 aromatic carbocycles. The summed E-state index contributed by atoms with van der Waals surface area (Å²) in [4.78, 5) is 0. The molecule has 0 fully saturated rings. The molecule has 0 aliphatic carbocycles. The van der Waals surface area contributed by atoms with Gasteiger partial charge in [-0.15, -0.1) is 0 Å². The van der Waals surface area contributed by atoms with Gasteiger partial charge in [-0.25, -0.2) is 0 Å². The van der Waals surface area contributed by atoms with Crippen LogP contribution >= 0.6 is 11.6 Å². The maximum absolute atomic E-state index is 6.13. The molecule has 6 heteroatoms. The van der Waals surface area contributed by atoms with Crippen LogP contribution in [0.2, 0.25) is 5.02 Å². The summed E-state index contributed by atoms with van der Waals surface area (Å²) in [7, 11) is 3.36. The number of nitrogens with two attached hydrogens (primary N) is 1. The van der Waals surface area contributed by atoms with Crippen molar-refractivity contribution >= 4 is 17.4 Å². The fourth-order valence-electron chi connectivity index (χ4n) is 1.88. The van der Waals surface area contributed by atoms with Crippen molar-refractivity contribution in [3.63, 3.8) is 0 Å². The van der Waals surface area contributed by atoms with Gasteiger partial charge in [0.05, 0.1) is 18.9 Å². The molecule has 1 aromatic heterocycles. The average molecular weight is 296 g/mol. The number of hydrogen-bond acceptors (Lipinski definition) is 4. The lowest BCUT2D eigenvalue weighted by Crippen LogP contribution is -2.08. The van der Waals surface area contributed by atoms with Gasteiger partial charge in [-0.2, -0.15) is 5.10 Å². The Hall–Kier alpha value is -1.88. The molecule has 0 amide bonds. The zero-order valence-corrected chi connectivity index (χ0v) is 12.7. The molecule has 0 radical (unpaired) electrons. The van der Waals surface area contributed by atoms with Gasteiger partial charge in [-0.3, -0.25) is 4.68 Å². The van der Waals surface area contributed by atoms with Crippen molar-refractivity contribution in [2.75, 3.05) is 12.8 Å². The summed E-state index contributed by atoms with van der Waals surface area (Å²) in [5.41, 5.74) is 7.29. The number of rotatable bonds is 4. The molecule has 2 rings (SSSR count). The number of anilines is 1. The number of benzene rings is 1. The molecule has 5 nitrogen and oxygen atoms in total. The molecular formula is C14H18ClN3O2. The van der Waals surface area contributed by atoms with Crippen LogP contribution in [0, 0.1) is 0 Å². The van der Waals surface area contributed by atoms with Gasteiger partial charge < -0.3 is 15.2 Å². The molecule has 2 N–H and O–H groups in total. The summed E-state index contributed by atoms with van der Waals surface area (Å²) in [6, 6.07) is 5.29. The number of methoxy groups -OCH3 is 1. The third-order valence-corrected chi connectivity index (χ3v) is 3.00. The van der Waals surface area contributed by atoms with E-state index in [1.165, 1.54) is 0 Å². The van der Waals surface area contributed by atoms with E-state index in [0.29, 0.717) is 28.0 Å². The predicted molar refractivity (Wildman–Crippen MR) is 80.4 cm³/mol. The summed E-state index contributed by atoms with van der Waals surface area (Å²) in [5, 5.41) is 4.92. The quantitative estimate of drug-likeness (QED) is 0.941. The van der Waals surface area contributed by atoms with Gasteiger partial charge in [-0.1, -0.05) is 11.6 Å². The van der Waals surface area contributed by atoms with Gasteiger partial charge in [0, 0.05) is 29.8 Å². The summed E-state index contributed by atoms with van der Waals surface area (Å²) in [6.07, 6.45) is 0.00452. The molecule has 2 aromatic rings. The number of nitrogens with zero attached hydrogens (tertiary/aromatic N) is 2. The van der Waals surface area contributed by atoms with Crippen LogP contribution in [-0.2, 0) is 7.05 Å². The van der Waals surface area contributed by atoms with Crippen molar-refractivity contribution < 1.29 is 9.47 Å². The number of hydrogen-bond donors (Lipinski definition) is 1. The number of halogens is 1. The minimum Gasteiger partial charge on any atom is -0.493 e. The van der Waals surface area contributed by atoms with Crippen molar-refractivity contribution in [1.82, 2.24) is 9.78 Å². The number of aryl methyl sites for hydroxylation is 1. The first kappa shape index (κ1) is 14.5.